The van der Waals surface area contributed by atoms with E-state index >= 15 is 0 Å². The van der Waals surface area contributed by atoms with Crippen LogP contribution < -0.4 is 4.90 Å². The molecule has 1 heterocycles. The molecule has 1 fully saturated rings. The van der Waals surface area contributed by atoms with Crippen molar-refractivity contribution >= 4 is 5.69 Å². The lowest BCUT2D eigenvalue weighted by molar-refractivity contribution is 0.411. The number of anilines is 1. The highest BCUT2D eigenvalue weighted by molar-refractivity contribution is 5.60. The monoisotopic (exact) mass is 256 g/mol. The molecule has 0 spiro atoms. The number of rotatable bonds is 2. The van der Waals surface area contributed by atoms with Gasteiger partial charge in [0.25, 0.3) is 0 Å². The summed E-state index contributed by atoms with van der Waals surface area (Å²) in [5.74, 6) is 0. The third-order valence-electron chi connectivity index (χ3n) is 3.61. The highest BCUT2D eigenvalue weighted by Gasteiger charge is 2.17. The summed E-state index contributed by atoms with van der Waals surface area (Å²) in [4.78, 5) is 2.36. The third-order valence-corrected chi connectivity index (χ3v) is 3.61. The zero-order valence-corrected chi connectivity index (χ0v) is 12.4. The molecule has 0 atom stereocenters. The van der Waals surface area contributed by atoms with Crippen LogP contribution in [-0.2, 0) is 6.42 Å². The smallest absolute Gasteiger partial charge is 0.101 e. The zero-order valence-electron chi connectivity index (χ0n) is 12.4. The zero-order chi connectivity index (χ0) is 13.9. The van der Waals surface area contributed by atoms with E-state index in [0.29, 0.717) is 0 Å². The van der Waals surface area contributed by atoms with Crippen LogP contribution in [0.4, 0.5) is 5.69 Å². The van der Waals surface area contributed by atoms with Crippen LogP contribution in [0.1, 0.15) is 51.2 Å². The molecule has 1 aliphatic heterocycles. The van der Waals surface area contributed by atoms with Crippen molar-refractivity contribution in [3.8, 4) is 6.07 Å². The molecule has 1 aromatic rings. The van der Waals surface area contributed by atoms with Gasteiger partial charge in [-0.1, -0.05) is 26.8 Å². The minimum Gasteiger partial charge on any atom is -0.370 e. The Morgan fingerprint density at radius 3 is 2.42 bits per heavy atom. The minimum absolute atomic E-state index is 0.263. The molecule has 1 aliphatic rings. The van der Waals surface area contributed by atoms with Gasteiger partial charge in [0.15, 0.2) is 0 Å². The van der Waals surface area contributed by atoms with Gasteiger partial charge in [-0.3, -0.25) is 0 Å². The van der Waals surface area contributed by atoms with E-state index in [1.54, 1.807) is 0 Å². The fourth-order valence-electron chi connectivity index (χ4n) is 2.81. The van der Waals surface area contributed by atoms with Crippen LogP contribution in [0.3, 0.4) is 0 Å². The maximum atomic E-state index is 9.40. The molecule has 2 heteroatoms. The molecular weight excluding hydrogens is 232 g/mol. The van der Waals surface area contributed by atoms with Crippen molar-refractivity contribution in [2.45, 2.75) is 46.5 Å². The number of hydrogen-bond donors (Lipinski definition) is 0. The van der Waals surface area contributed by atoms with Gasteiger partial charge in [-0.15, -0.1) is 0 Å². The summed E-state index contributed by atoms with van der Waals surface area (Å²) in [5, 5.41) is 9.40. The van der Waals surface area contributed by atoms with Crippen LogP contribution >= 0.6 is 0 Å². The molecule has 102 valence electrons. The summed E-state index contributed by atoms with van der Waals surface area (Å²) in [6.07, 6.45) is 4.83. The molecule has 1 aromatic carbocycles. The first kappa shape index (κ1) is 13.9. The van der Waals surface area contributed by atoms with E-state index in [0.717, 1.165) is 30.8 Å². The summed E-state index contributed by atoms with van der Waals surface area (Å²) in [6.45, 7) is 8.88. The number of hydrogen-bond acceptors (Lipinski definition) is 2. The summed E-state index contributed by atoms with van der Waals surface area (Å²) in [5.41, 5.74) is 3.49. The summed E-state index contributed by atoms with van der Waals surface area (Å²) in [7, 11) is 0. The van der Waals surface area contributed by atoms with E-state index in [-0.39, 0.29) is 5.41 Å². The van der Waals surface area contributed by atoms with Gasteiger partial charge < -0.3 is 4.90 Å². The second-order valence-electron chi connectivity index (χ2n) is 6.75. The lowest BCUT2D eigenvalue weighted by Crippen LogP contribution is -2.30. The lowest BCUT2D eigenvalue weighted by atomic mass is 9.87. The van der Waals surface area contributed by atoms with E-state index in [2.05, 4.69) is 49.9 Å². The highest BCUT2D eigenvalue weighted by atomic mass is 15.1. The molecule has 0 amide bonds. The fourth-order valence-corrected chi connectivity index (χ4v) is 2.81. The Hall–Kier alpha value is -1.49. The molecule has 0 unspecified atom stereocenters. The van der Waals surface area contributed by atoms with Crippen LogP contribution in [0.25, 0.3) is 0 Å². The molecule has 1 saturated heterocycles. The van der Waals surface area contributed by atoms with Gasteiger partial charge in [0, 0.05) is 13.1 Å². The van der Waals surface area contributed by atoms with Crippen molar-refractivity contribution in [3.05, 3.63) is 29.3 Å². The largest absolute Gasteiger partial charge is 0.370 e. The maximum Gasteiger partial charge on any atom is 0.101 e. The van der Waals surface area contributed by atoms with Crippen LogP contribution in [0.15, 0.2) is 18.2 Å². The number of piperidine rings is 1. The first-order valence-corrected chi connectivity index (χ1v) is 7.27. The molecule has 0 saturated carbocycles. The SMILES string of the molecule is CC(C)(C)Cc1ccc(N2CCCCC2)c(C#N)c1. The Morgan fingerprint density at radius 2 is 1.84 bits per heavy atom. The van der Waals surface area contributed by atoms with Crippen LogP contribution in [0.5, 0.6) is 0 Å². The second-order valence-corrected chi connectivity index (χ2v) is 6.75. The molecule has 0 radical (unpaired) electrons. The molecule has 0 aliphatic carbocycles. The average Bonchev–Trinajstić information content (AvgIpc) is 2.37. The predicted octanol–water partition coefficient (Wildman–Crippen LogP) is 4.14. The topological polar surface area (TPSA) is 27.0 Å². The molecule has 0 bridgehead atoms. The van der Waals surface area contributed by atoms with Crippen molar-refractivity contribution in [1.82, 2.24) is 0 Å². The molecule has 19 heavy (non-hydrogen) atoms. The molecular formula is C17H24N2. The fraction of sp³-hybridized carbons (Fsp3) is 0.588. The van der Waals surface area contributed by atoms with Gasteiger partial charge in [0.2, 0.25) is 0 Å². The summed E-state index contributed by atoms with van der Waals surface area (Å²) >= 11 is 0. The molecule has 2 nitrogen and oxygen atoms in total. The summed E-state index contributed by atoms with van der Waals surface area (Å²) in [6, 6.07) is 8.79. The predicted molar refractivity (Wildman–Crippen MR) is 80.4 cm³/mol. The van der Waals surface area contributed by atoms with E-state index in [1.807, 2.05) is 0 Å². The van der Waals surface area contributed by atoms with Gasteiger partial charge in [0.1, 0.15) is 6.07 Å². The van der Waals surface area contributed by atoms with Crippen molar-refractivity contribution in [1.29, 1.82) is 5.26 Å². The van der Waals surface area contributed by atoms with Crippen LogP contribution in [0, 0.1) is 16.7 Å². The Bertz CT molecular complexity index is 471. The second kappa shape index (κ2) is 5.65. The van der Waals surface area contributed by atoms with Gasteiger partial charge in [0.05, 0.1) is 11.3 Å². The van der Waals surface area contributed by atoms with Crippen molar-refractivity contribution in [3.63, 3.8) is 0 Å². The lowest BCUT2D eigenvalue weighted by Gasteiger charge is -2.30. The Balaban J connectivity index is 2.24. The van der Waals surface area contributed by atoms with Crippen molar-refractivity contribution in [2.24, 2.45) is 5.41 Å². The third kappa shape index (κ3) is 3.73. The number of nitrogens with zero attached hydrogens (tertiary/aromatic N) is 2. The molecule has 0 aromatic heterocycles. The van der Waals surface area contributed by atoms with Crippen molar-refractivity contribution in [2.75, 3.05) is 18.0 Å². The van der Waals surface area contributed by atoms with Gasteiger partial charge in [-0.25, -0.2) is 0 Å². The first-order valence-electron chi connectivity index (χ1n) is 7.27. The standard InChI is InChI=1S/C17H24N2/c1-17(2,3)12-14-7-8-16(15(11-14)13-18)19-9-5-4-6-10-19/h7-8,11H,4-6,9-10,12H2,1-3H3. The quantitative estimate of drug-likeness (QED) is 0.795. The number of nitriles is 1. The minimum atomic E-state index is 0.263. The molecule has 2 rings (SSSR count). The van der Waals surface area contributed by atoms with Crippen LogP contribution in [0.2, 0.25) is 0 Å². The van der Waals surface area contributed by atoms with E-state index in [1.165, 1.54) is 24.8 Å². The van der Waals surface area contributed by atoms with Gasteiger partial charge >= 0.3 is 0 Å². The highest BCUT2D eigenvalue weighted by Crippen LogP contribution is 2.27. The average molecular weight is 256 g/mol. The van der Waals surface area contributed by atoms with Crippen LogP contribution in [-0.4, -0.2) is 13.1 Å². The van der Waals surface area contributed by atoms with E-state index in [4.69, 9.17) is 0 Å². The normalized spacial score (nSPS) is 16.2. The van der Waals surface area contributed by atoms with Gasteiger partial charge in [-0.2, -0.15) is 5.26 Å². The van der Waals surface area contributed by atoms with Gasteiger partial charge in [-0.05, 0) is 48.8 Å². The molecule has 0 N–H and O–H groups in total. The Kier molecular flexibility index (Phi) is 4.14. The summed E-state index contributed by atoms with van der Waals surface area (Å²) < 4.78 is 0. The van der Waals surface area contributed by atoms with E-state index in [9.17, 15) is 5.26 Å². The van der Waals surface area contributed by atoms with E-state index < -0.39 is 0 Å². The Morgan fingerprint density at radius 1 is 1.16 bits per heavy atom. The number of benzene rings is 1. The maximum absolute atomic E-state index is 9.40. The first-order chi connectivity index (χ1) is 8.99. The van der Waals surface area contributed by atoms with Crippen molar-refractivity contribution < 1.29 is 0 Å². The Labute approximate surface area is 117 Å².